The van der Waals surface area contributed by atoms with E-state index in [1.807, 2.05) is 6.92 Å². The van der Waals surface area contributed by atoms with Gasteiger partial charge in [-0.3, -0.25) is 0 Å². The summed E-state index contributed by atoms with van der Waals surface area (Å²) in [5, 5.41) is 10.0. The Morgan fingerprint density at radius 3 is 2.67 bits per heavy atom. The zero-order chi connectivity index (χ0) is 15.5. The molecule has 4 N–H and O–H groups in total. The van der Waals surface area contributed by atoms with E-state index >= 15 is 0 Å². The van der Waals surface area contributed by atoms with Gasteiger partial charge >= 0.3 is 0 Å². The number of nitrogens with one attached hydrogen (secondary N) is 1. The SMILES string of the molecule is CCc1ccc(S(=O)(=O)NC2CCCCCC2O)cc1N. The Labute approximate surface area is 126 Å². The minimum absolute atomic E-state index is 0.161. The van der Waals surface area contributed by atoms with Gasteiger partial charge in [-0.2, -0.15) is 0 Å². The topological polar surface area (TPSA) is 92.4 Å². The number of nitrogen functional groups attached to an aromatic ring is 1. The summed E-state index contributed by atoms with van der Waals surface area (Å²) in [4.78, 5) is 0.161. The quantitative estimate of drug-likeness (QED) is 0.584. The van der Waals surface area contributed by atoms with E-state index in [4.69, 9.17) is 5.73 Å². The lowest BCUT2D eigenvalue weighted by Crippen LogP contribution is -2.42. The molecule has 1 saturated carbocycles. The van der Waals surface area contributed by atoms with Crippen molar-refractivity contribution in [2.45, 2.75) is 62.5 Å². The number of nitrogens with two attached hydrogens (primary N) is 1. The van der Waals surface area contributed by atoms with E-state index in [0.29, 0.717) is 18.5 Å². The summed E-state index contributed by atoms with van der Waals surface area (Å²) >= 11 is 0. The lowest BCUT2D eigenvalue weighted by atomic mass is 10.1. The minimum Gasteiger partial charge on any atom is -0.398 e. The highest BCUT2D eigenvalue weighted by Gasteiger charge is 2.27. The molecule has 2 atom stereocenters. The number of sulfonamides is 1. The van der Waals surface area contributed by atoms with Gasteiger partial charge in [0.1, 0.15) is 0 Å². The fraction of sp³-hybridized carbons (Fsp3) is 0.600. The third kappa shape index (κ3) is 3.96. The van der Waals surface area contributed by atoms with Crippen LogP contribution in [-0.4, -0.2) is 25.7 Å². The molecular formula is C15H24N2O3S. The van der Waals surface area contributed by atoms with Gasteiger partial charge in [0.25, 0.3) is 0 Å². The van der Waals surface area contributed by atoms with E-state index in [1.165, 1.54) is 6.07 Å². The van der Waals surface area contributed by atoms with Gasteiger partial charge < -0.3 is 10.8 Å². The van der Waals surface area contributed by atoms with Gasteiger partial charge in [-0.05, 0) is 37.0 Å². The number of hydrogen-bond donors (Lipinski definition) is 3. The average Bonchev–Trinajstić information content (AvgIpc) is 2.64. The third-order valence-corrected chi connectivity index (χ3v) is 5.58. The molecule has 0 heterocycles. The van der Waals surface area contributed by atoms with Crippen LogP contribution in [0.1, 0.15) is 44.6 Å². The standard InChI is InChI=1S/C15H24N2O3S/c1-2-11-8-9-12(10-13(11)16)21(19,20)17-14-6-4-3-5-7-15(14)18/h8-10,14-15,17-18H,2-7,16H2,1H3. The highest BCUT2D eigenvalue weighted by atomic mass is 32.2. The molecule has 5 nitrogen and oxygen atoms in total. The van der Waals surface area contributed by atoms with Crippen molar-refractivity contribution in [2.75, 3.05) is 5.73 Å². The maximum absolute atomic E-state index is 12.4. The Kier molecular flexibility index (Phi) is 5.24. The van der Waals surface area contributed by atoms with Gasteiger partial charge in [0, 0.05) is 11.7 Å². The third-order valence-electron chi connectivity index (χ3n) is 4.09. The van der Waals surface area contributed by atoms with Crippen LogP contribution >= 0.6 is 0 Å². The van der Waals surface area contributed by atoms with Crippen LogP contribution in [-0.2, 0) is 16.4 Å². The molecule has 21 heavy (non-hydrogen) atoms. The molecule has 2 rings (SSSR count). The average molecular weight is 312 g/mol. The number of aryl methyl sites for hydroxylation is 1. The molecule has 0 bridgehead atoms. The van der Waals surface area contributed by atoms with Crippen molar-refractivity contribution in [3.63, 3.8) is 0 Å². The van der Waals surface area contributed by atoms with E-state index in [1.54, 1.807) is 12.1 Å². The highest BCUT2D eigenvalue weighted by Crippen LogP contribution is 2.22. The van der Waals surface area contributed by atoms with Gasteiger partial charge in [0.15, 0.2) is 0 Å². The maximum Gasteiger partial charge on any atom is 0.240 e. The monoisotopic (exact) mass is 312 g/mol. The molecule has 0 aliphatic heterocycles. The van der Waals surface area contributed by atoms with E-state index in [9.17, 15) is 13.5 Å². The van der Waals surface area contributed by atoms with Crippen molar-refractivity contribution in [3.05, 3.63) is 23.8 Å². The summed E-state index contributed by atoms with van der Waals surface area (Å²) in [7, 11) is -3.65. The number of benzene rings is 1. The van der Waals surface area contributed by atoms with Gasteiger partial charge in [-0.25, -0.2) is 13.1 Å². The zero-order valence-corrected chi connectivity index (χ0v) is 13.2. The van der Waals surface area contributed by atoms with Crippen LogP contribution in [0.25, 0.3) is 0 Å². The summed E-state index contributed by atoms with van der Waals surface area (Å²) in [6.07, 6.45) is 4.37. The highest BCUT2D eigenvalue weighted by molar-refractivity contribution is 7.89. The van der Waals surface area contributed by atoms with Crippen molar-refractivity contribution >= 4 is 15.7 Å². The van der Waals surface area contributed by atoms with E-state index in [-0.39, 0.29) is 4.90 Å². The van der Waals surface area contributed by atoms with Crippen molar-refractivity contribution in [2.24, 2.45) is 0 Å². The summed E-state index contributed by atoms with van der Waals surface area (Å²) in [5.41, 5.74) is 7.29. The molecule has 6 heteroatoms. The van der Waals surface area contributed by atoms with Crippen LogP contribution in [0.3, 0.4) is 0 Å². The van der Waals surface area contributed by atoms with Crippen LogP contribution in [0.5, 0.6) is 0 Å². The van der Waals surface area contributed by atoms with Gasteiger partial charge in [0.2, 0.25) is 10.0 Å². The van der Waals surface area contributed by atoms with Crippen molar-refractivity contribution in [1.29, 1.82) is 0 Å². The summed E-state index contributed by atoms with van der Waals surface area (Å²) in [6.45, 7) is 1.97. The van der Waals surface area contributed by atoms with Crippen LogP contribution in [0.4, 0.5) is 5.69 Å². The van der Waals surface area contributed by atoms with E-state index in [2.05, 4.69) is 4.72 Å². The van der Waals surface area contributed by atoms with Gasteiger partial charge in [0.05, 0.1) is 11.0 Å². The second-order valence-corrected chi connectivity index (χ2v) is 7.36. The van der Waals surface area contributed by atoms with Crippen LogP contribution in [0.2, 0.25) is 0 Å². The molecule has 118 valence electrons. The fourth-order valence-electron chi connectivity index (χ4n) is 2.76. The van der Waals surface area contributed by atoms with E-state index in [0.717, 1.165) is 31.2 Å². The number of anilines is 1. The summed E-state index contributed by atoms with van der Waals surface area (Å²) < 4.78 is 27.5. The molecule has 1 aromatic rings. The Morgan fingerprint density at radius 2 is 2.00 bits per heavy atom. The summed E-state index contributed by atoms with van der Waals surface area (Å²) in [6, 6.07) is 4.39. The fourth-order valence-corrected chi connectivity index (χ4v) is 4.09. The van der Waals surface area contributed by atoms with E-state index < -0.39 is 22.2 Å². The predicted molar refractivity (Wildman–Crippen MR) is 83.4 cm³/mol. The molecule has 1 aromatic carbocycles. The molecular weight excluding hydrogens is 288 g/mol. The van der Waals surface area contributed by atoms with Crippen molar-refractivity contribution in [1.82, 2.24) is 4.72 Å². The van der Waals surface area contributed by atoms with Crippen LogP contribution < -0.4 is 10.5 Å². The molecule has 1 fully saturated rings. The Balaban J connectivity index is 2.19. The smallest absolute Gasteiger partial charge is 0.240 e. The minimum atomic E-state index is -3.65. The number of rotatable bonds is 4. The van der Waals surface area contributed by atoms with Crippen molar-refractivity contribution in [3.8, 4) is 0 Å². The molecule has 0 radical (unpaired) electrons. The molecule has 0 amide bonds. The number of hydrogen-bond acceptors (Lipinski definition) is 4. The van der Waals surface area contributed by atoms with Crippen molar-refractivity contribution < 1.29 is 13.5 Å². The normalized spacial score (nSPS) is 23.7. The predicted octanol–water partition coefficient (Wildman–Crippen LogP) is 1.80. The van der Waals surface area contributed by atoms with Crippen LogP contribution in [0, 0.1) is 0 Å². The lowest BCUT2D eigenvalue weighted by molar-refractivity contribution is 0.130. The number of aliphatic hydroxyl groups excluding tert-OH is 1. The molecule has 2 unspecified atom stereocenters. The van der Waals surface area contributed by atoms with Gasteiger partial charge in [-0.15, -0.1) is 0 Å². The number of aliphatic hydroxyl groups is 1. The molecule has 0 aromatic heterocycles. The molecule has 1 aliphatic rings. The summed E-state index contributed by atoms with van der Waals surface area (Å²) in [5.74, 6) is 0. The first kappa shape index (κ1) is 16.3. The second kappa shape index (κ2) is 6.77. The lowest BCUT2D eigenvalue weighted by Gasteiger charge is -2.21. The maximum atomic E-state index is 12.4. The van der Waals surface area contributed by atoms with Crippen LogP contribution in [0.15, 0.2) is 23.1 Å². The second-order valence-electron chi connectivity index (χ2n) is 5.65. The first-order valence-electron chi connectivity index (χ1n) is 7.53. The molecule has 1 aliphatic carbocycles. The Bertz CT molecular complexity index is 587. The largest absolute Gasteiger partial charge is 0.398 e. The molecule has 0 saturated heterocycles. The van der Waals surface area contributed by atoms with Gasteiger partial charge in [-0.1, -0.05) is 32.3 Å². The zero-order valence-electron chi connectivity index (χ0n) is 12.4. The molecule has 0 spiro atoms. The first-order valence-corrected chi connectivity index (χ1v) is 9.01. The first-order chi connectivity index (χ1) is 9.94. The Hall–Kier alpha value is -1.11. The Morgan fingerprint density at radius 1 is 1.29 bits per heavy atom.